The van der Waals surface area contributed by atoms with E-state index in [1.165, 1.54) is 5.56 Å². The SMILES string of the molecule is CN(CCc1ccccc1)CC(N)CC(=O)O. The van der Waals surface area contributed by atoms with Gasteiger partial charge in [-0.05, 0) is 19.0 Å². The van der Waals surface area contributed by atoms with E-state index >= 15 is 0 Å². The van der Waals surface area contributed by atoms with Crippen molar-refractivity contribution in [3.63, 3.8) is 0 Å². The standard InChI is InChI=1S/C13H20N2O2/c1-15(10-12(14)9-13(16)17)8-7-11-5-3-2-4-6-11/h2-6,12H,7-10,14H2,1H3,(H,16,17). The van der Waals surface area contributed by atoms with Crippen molar-refractivity contribution < 1.29 is 9.90 Å². The van der Waals surface area contributed by atoms with Gasteiger partial charge in [-0.2, -0.15) is 0 Å². The van der Waals surface area contributed by atoms with Gasteiger partial charge in [0.15, 0.2) is 0 Å². The van der Waals surface area contributed by atoms with Gasteiger partial charge < -0.3 is 15.7 Å². The zero-order valence-corrected chi connectivity index (χ0v) is 10.2. The van der Waals surface area contributed by atoms with Crippen molar-refractivity contribution in [1.82, 2.24) is 4.90 Å². The summed E-state index contributed by atoms with van der Waals surface area (Å²) >= 11 is 0. The van der Waals surface area contributed by atoms with Crippen molar-refractivity contribution in [2.24, 2.45) is 5.73 Å². The molecule has 0 aliphatic carbocycles. The zero-order valence-electron chi connectivity index (χ0n) is 10.2. The van der Waals surface area contributed by atoms with E-state index in [4.69, 9.17) is 10.8 Å². The summed E-state index contributed by atoms with van der Waals surface area (Å²) in [4.78, 5) is 12.5. The number of rotatable bonds is 7. The smallest absolute Gasteiger partial charge is 0.304 e. The van der Waals surface area contributed by atoms with Crippen LogP contribution in [0.25, 0.3) is 0 Å². The fraction of sp³-hybridized carbons (Fsp3) is 0.462. The molecule has 94 valence electrons. The third kappa shape index (κ3) is 6.04. The lowest BCUT2D eigenvalue weighted by Gasteiger charge is -2.20. The van der Waals surface area contributed by atoms with Crippen molar-refractivity contribution in [2.75, 3.05) is 20.1 Å². The van der Waals surface area contributed by atoms with Gasteiger partial charge in [0.25, 0.3) is 0 Å². The van der Waals surface area contributed by atoms with Crippen molar-refractivity contribution in [2.45, 2.75) is 18.9 Å². The highest BCUT2D eigenvalue weighted by Gasteiger charge is 2.10. The molecule has 0 fully saturated rings. The average molecular weight is 236 g/mol. The monoisotopic (exact) mass is 236 g/mol. The molecule has 3 N–H and O–H groups in total. The Labute approximate surface area is 102 Å². The molecule has 0 saturated carbocycles. The molecule has 1 aromatic rings. The van der Waals surface area contributed by atoms with Crippen LogP contribution in [0.3, 0.4) is 0 Å². The second-order valence-corrected chi connectivity index (χ2v) is 4.36. The van der Waals surface area contributed by atoms with Crippen LogP contribution in [-0.2, 0) is 11.2 Å². The molecule has 0 aliphatic heterocycles. The van der Waals surface area contributed by atoms with E-state index in [0.717, 1.165) is 13.0 Å². The van der Waals surface area contributed by atoms with Crippen LogP contribution in [0.4, 0.5) is 0 Å². The van der Waals surface area contributed by atoms with Gasteiger partial charge in [0.2, 0.25) is 0 Å². The minimum absolute atomic E-state index is 0.0235. The number of nitrogens with zero attached hydrogens (tertiary/aromatic N) is 1. The van der Waals surface area contributed by atoms with Gasteiger partial charge in [0.05, 0.1) is 6.42 Å². The van der Waals surface area contributed by atoms with Crippen LogP contribution in [0.5, 0.6) is 0 Å². The van der Waals surface area contributed by atoms with Gasteiger partial charge in [0.1, 0.15) is 0 Å². The molecule has 17 heavy (non-hydrogen) atoms. The molecule has 0 aromatic heterocycles. The number of likely N-dealkylation sites (N-methyl/N-ethyl adjacent to an activating group) is 1. The summed E-state index contributed by atoms with van der Waals surface area (Å²) in [5, 5.41) is 8.61. The Bertz CT molecular complexity index is 341. The summed E-state index contributed by atoms with van der Waals surface area (Å²) in [7, 11) is 1.96. The van der Waals surface area contributed by atoms with Crippen LogP contribution in [0.2, 0.25) is 0 Å². The number of carboxylic acids is 1. The summed E-state index contributed by atoms with van der Waals surface area (Å²) in [6.07, 6.45) is 0.979. The second-order valence-electron chi connectivity index (χ2n) is 4.36. The Morgan fingerprint density at radius 1 is 1.41 bits per heavy atom. The number of hydrogen-bond donors (Lipinski definition) is 2. The third-order valence-electron chi connectivity index (χ3n) is 2.61. The molecule has 0 radical (unpaired) electrons. The van der Waals surface area contributed by atoms with Crippen LogP contribution in [0, 0.1) is 0 Å². The summed E-state index contributed by atoms with van der Waals surface area (Å²) in [6, 6.07) is 9.91. The second kappa shape index (κ2) is 7.04. The van der Waals surface area contributed by atoms with E-state index in [1.54, 1.807) is 0 Å². The number of carboxylic acid groups (broad SMARTS) is 1. The lowest BCUT2D eigenvalue weighted by molar-refractivity contribution is -0.137. The molecule has 0 amide bonds. The maximum Gasteiger partial charge on any atom is 0.304 e. The summed E-state index contributed by atoms with van der Waals surface area (Å²) < 4.78 is 0. The Hall–Kier alpha value is -1.39. The minimum Gasteiger partial charge on any atom is -0.481 e. The van der Waals surface area contributed by atoms with Crippen LogP contribution in [0.1, 0.15) is 12.0 Å². The Balaban J connectivity index is 2.25. The molecule has 0 heterocycles. The lowest BCUT2D eigenvalue weighted by Crippen LogP contribution is -2.37. The van der Waals surface area contributed by atoms with Crippen molar-refractivity contribution in [3.8, 4) is 0 Å². The topological polar surface area (TPSA) is 66.6 Å². The predicted molar refractivity (Wildman–Crippen MR) is 67.9 cm³/mol. The first-order chi connectivity index (χ1) is 8.08. The Morgan fingerprint density at radius 3 is 2.65 bits per heavy atom. The van der Waals surface area contributed by atoms with Crippen molar-refractivity contribution in [3.05, 3.63) is 35.9 Å². The first-order valence-corrected chi connectivity index (χ1v) is 5.78. The highest BCUT2D eigenvalue weighted by Crippen LogP contribution is 2.01. The van der Waals surface area contributed by atoms with Crippen LogP contribution in [0.15, 0.2) is 30.3 Å². The van der Waals surface area contributed by atoms with Crippen molar-refractivity contribution in [1.29, 1.82) is 0 Å². The minimum atomic E-state index is -0.839. The maximum atomic E-state index is 10.5. The first-order valence-electron chi connectivity index (χ1n) is 5.78. The molecule has 1 unspecified atom stereocenters. The number of benzene rings is 1. The molecular weight excluding hydrogens is 216 g/mol. The number of carbonyl (C=O) groups is 1. The van der Waals surface area contributed by atoms with Gasteiger partial charge in [-0.15, -0.1) is 0 Å². The molecule has 0 aliphatic rings. The third-order valence-corrected chi connectivity index (χ3v) is 2.61. The molecule has 1 aromatic carbocycles. The van der Waals surface area contributed by atoms with Crippen LogP contribution < -0.4 is 5.73 Å². The maximum absolute atomic E-state index is 10.5. The lowest BCUT2D eigenvalue weighted by atomic mass is 10.1. The predicted octanol–water partition coefficient (Wildman–Crippen LogP) is 0.963. The van der Waals surface area contributed by atoms with E-state index in [9.17, 15) is 4.79 Å². The largest absolute Gasteiger partial charge is 0.481 e. The quantitative estimate of drug-likeness (QED) is 0.740. The molecule has 0 spiro atoms. The highest BCUT2D eigenvalue weighted by molar-refractivity contribution is 5.67. The summed E-state index contributed by atoms with van der Waals surface area (Å²) in [5.74, 6) is -0.839. The average Bonchev–Trinajstić information content (AvgIpc) is 2.26. The first kappa shape index (κ1) is 13.7. The molecule has 0 saturated heterocycles. The number of nitrogens with two attached hydrogens (primary N) is 1. The van der Waals surface area contributed by atoms with Gasteiger partial charge >= 0.3 is 5.97 Å². The van der Waals surface area contributed by atoms with E-state index < -0.39 is 5.97 Å². The summed E-state index contributed by atoms with van der Waals surface area (Å²) in [6.45, 7) is 1.50. The Morgan fingerprint density at radius 2 is 2.06 bits per heavy atom. The summed E-state index contributed by atoms with van der Waals surface area (Å²) in [5.41, 5.74) is 7.01. The van der Waals surface area contributed by atoms with Crippen LogP contribution in [-0.4, -0.2) is 42.2 Å². The molecular formula is C13H20N2O2. The fourth-order valence-electron chi connectivity index (χ4n) is 1.75. The molecule has 0 bridgehead atoms. The van der Waals surface area contributed by atoms with E-state index in [2.05, 4.69) is 17.0 Å². The fourth-order valence-corrected chi connectivity index (χ4v) is 1.75. The van der Waals surface area contributed by atoms with Crippen molar-refractivity contribution >= 4 is 5.97 Å². The van der Waals surface area contributed by atoms with Crippen LogP contribution >= 0.6 is 0 Å². The molecule has 4 heteroatoms. The van der Waals surface area contributed by atoms with E-state index in [0.29, 0.717) is 6.54 Å². The number of hydrogen-bond acceptors (Lipinski definition) is 3. The van der Waals surface area contributed by atoms with E-state index in [-0.39, 0.29) is 12.5 Å². The zero-order chi connectivity index (χ0) is 12.7. The van der Waals surface area contributed by atoms with Gasteiger partial charge in [-0.25, -0.2) is 0 Å². The van der Waals surface area contributed by atoms with Gasteiger partial charge in [-0.3, -0.25) is 4.79 Å². The van der Waals surface area contributed by atoms with Gasteiger partial charge in [0, 0.05) is 19.1 Å². The number of aliphatic carboxylic acids is 1. The van der Waals surface area contributed by atoms with E-state index in [1.807, 2.05) is 25.2 Å². The van der Waals surface area contributed by atoms with Gasteiger partial charge in [-0.1, -0.05) is 30.3 Å². The molecule has 1 rings (SSSR count). The normalized spacial score (nSPS) is 12.6. The Kier molecular flexibility index (Phi) is 5.66. The highest BCUT2D eigenvalue weighted by atomic mass is 16.4. The molecule has 1 atom stereocenters. The molecule has 4 nitrogen and oxygen atoms in total.